The van der Waals surface area contributed by atoms with Gasteiger partial charge in [-0.25, -0.2) is 0 Å². The highest BCUT2D eigenvalue weighted by atomic mass is 79.9. The van der Waals surface area contributed by atoms with Crippen molar-refractivity contribution in [3.8, 4) is 0 Å². The van der Waals surface area contributed by atoms with E-state index >= 15 is 0 Å². The van der Waals surface area contributed by atoms with Crippen molar-refractivity contribution in [3.05, 3.63) is 35.9 Å². The zero-order valence-electron chi connectivity index (χ0n) is 9.14. The molecule has 0 radical (unpaired) electrons. The summed E-state index contributed by atoms with van der Waals surface area (Å²) in [4.78, 5) is 1.93. The van der Waals surface area contributed by atoms with Crippen molar-refractivity contribution in [3.63, 3.8) is 0 Å². The number of benzene rings is 1. The van der Waals surface area contributed by atoms with Crippen LogP contribution in [0.15, 0.2) is 30.3 Å². The second-order valence-corrected chi connectivity index (χ2v) is 7.97. The van der Waals surface area contributed by atoms with Crippen LogP contribution in [0.3, 0.4) is 0 Å². The zero-order valence-corrected chi connectivity index (χ0v) is 11.5. The van der Waals surface area contributed by atoms with E-state index < -0.39 is 13.9 Å². The fourth-order valence-corrected chi connectivity index (χ4v) is 3.20. The van der Waals surface area contributed by atoms with Crippen molar-refractivity contribution in [2.45, 2.75) is 16.6 Å². The first-order chi connectivity index (χ1) is 7.91. The maximum atomic E-state index is 13.1. The van der Waals surface area contributed by atoms with E-state index in [2.05, 4.69) is 15.9 Å². The molecule has 3 nitrogen and oxygen atoms in total. The van der Waals surface area contributed by atoms with Gasteiger partial charge in [0.2, 0.25) is 0 Å². The van der Waals surface area contributed by atoms with Crippen LogP contribution in [0.5, 0.6) is 0 Å². The lowest BCUT2D eigenvalue weighted by molar-refractivity contribution is 0.329. The van der Waals surface area contributed by atoms with Crippen LogP contribution >= 0.6 is 15.9 Å². The highest BCUT2D eigenvalue weighted by Crippen LogP contribution is 2.37. The molecule has 0 saturated carbocycles. The predicted octanol–water partition coefficient (Wildman–Crippen LogP) is 2.28. The maximum Gasteiger partial charge on any atom is 0.319 e. The minimum atomic E-state index is -4.55. The first-order valence-corrected chi connectivity index (χ1v) is 7.48. The smallest absolute Gasteiger partial charge is 0.296 e. The van der Waals surface area contributed by atoms with Gasteiger partial charge in [-0.2, -0.15) is 8.42 Å². The molecule has 0 bridgehead atoms. The molecule has 0 spiro atoms. The van der Waals surface area contributed by atoms with Gasteiger partial charge in [0.05, 0.1) is 0 Å². The minimum Gasteiger partial charge on any atom is -0.296 e. The summed E-state index contributed by atoms with van der Waals surface area (Å²) in [6.07, 6.45) is 0.276. The van der Waals surface area contributed by atoms with Crippen molar-refractivity contribution in [2.75, 3.05) is 13.1 Å². The van der Waals surface area contributed by atoms with Gasteiger partial charge in [-0.05, 0) is 12.0 Å². The number of likely N-dealkylation sites (tertiary alicyclic amines) is 1. The molecular formula is C11H13BrFNO2S. The third kappa shape index (κ3) is 2.86. The van der Waals surface area contributed by atoms with Crippen molar-refractivity contribution >= 4 is 26.2 Å². The maximum absolute atomic E-state index is 13.1. The minimum absolute atomic E-state index is 0.181. The van der Waals surface area contributed by atoms with E-state index in [-0.39, 0.29) is 13.0 Å². The molecule has 1 saturated heterocycles. The second-order valence-electron chi connectivity index (χ2n) is 4.27. The quantitative estimate of drug-likeness (QED) is 0.633. The zero-order chi connectivity index (χ0) is 12.5. The number of rotatable bonds is 3. The van der Waals surface area contributed by atoms with Crippen molar-refractivity contribution in [2.24, 2.45) is 0 Å². The lowest BCUT2D eigenvalue weighted by Crippen LogP contribution is -2.32. The standard InChI is InChI=1S/C11H13BrFNO2S/c12-11(17(13,15)16)6-7-14(9-11)8-10-4-2-1-3-5-10/h1-5H,6-9H2. The summed E-state index contributed by atoms with van der Waals surface area (Å²) >= 11 is 3.02. The Hall–Kier alpha value is -0.460. The van der Waals surface area contributed by atoms with Crippen molar-refractivity contribution in [1.82, 2.24) is 4.90 Å². The number of hydrogen-bond acceptors (Lipinski definition) is 3. The summed E-state index contributed by atoms with van der Waals surface area (Å²) in [5.74, 6) is 0. The fraction of sp³-hybridized carbons (Fsp3) is 0.455. The van der Waals surface area contributed by atoms with Gasteiger partial charge < -0.3 is 0 Å². The van der Waals surface area contributed by atoms with Crippen LogP contribution in [0.4, 0.5) is 3.89 Å². The van der Waals surface area contributed by atoms with E-state index in [1.165, 1.54) is 0 Å². The highest BCUT2D eigenvalue weighted by molar-refractivity contribution is 9.11. The summed E-state index contributed by atoms with van der Waals surface area (Å²) in [7, 11) is -4.55. The van der Waals surface area contributed by atoms with Crippen LogP contribution in [0.25, 0.3) is 0 Å². The van der Waals surface area contributed by atoms with Crippen LogP contribution in [-0.4, -0.2) is 30.1 Å². The Bertz CT molecular complexity index is 493. The average molecular weight is 322 g/mol. The molecule has 1 heterocycles. The van der Waals surface area contributed by atoms with E-state index in [1.807, 2.05) is 35.2 Å². The van der Waals surface area contributed by atoms with E-state index in [0.717, 1.165) is 5.56 Å². The van der Waals surface area contributed by atoms with E-state index in [0.29, 0.717) is 13.1 Å². The van der Waals surface area contributed by atoms with Gasteiger partial charge in [-0.15, -0.1) is 3.89 Å². The summed E-state index contributed by atoms with van der Waals surface area (Å²) in [5.41, 5.74) is 1.10. The monoisotopic (exact) mass is 321 g/mol. The molecule has 0 N–H and O–H groups in total. The number of hydrogen-bond donors (Lipinski definition) is 0. The molecule has 1 aliphatic heterocycles. The fourth-order valence-electron chi connectivity index (χ4n) is 1.99. The Labute approximate surface area is 109 Å². The van der Waals surface area contributed by atoms with Crippen molar-refractivity contribution < 1.29 is 12.3 Å². The van der Waals surface area contributed by atoms with Crippen LogP contribution in [-0.2, 0) is 16.8 Å². The average Bonchev–Trinajstić information content (AvgIpc) is 2.62. The summed E-state index contributed by atoms with van der Waals surface area (Å²) in [6.45, 7) is 1.40. The Balaban J connectivity index is 2.04. The Kier molecular flexibility index (Phi) is 3.56. The van der Waals surface area contributed by atoms with Gasteiger partial charge in [0.1, 0.15) is 0 Å². The number of halogens is 2. The Morgan fingerprint density at radius 1 is 1.35 bits per heavy atom. The first-order valence-electron chi connectivity index (χ1n) is 5.30. The molecule has 1 fully saturated rings. The predicted molar refractivity (Wildman–Crippen MR) is 68.0 cm³/mol. The second kappa shape index (κ2) is 4.66. The molecule has 94 valence electrons. The molecule has 1 unspecified atom stereocenters. The first kappa shape index (κ1) is 13.0. The highest BCUT2D eigenvalue weighted by Gasteiger charge is 2.47. The third-order valence-corrected chi connectivity index (χ3v) is 5.96. The van der Waals surface area contributed by atoms with E-state index in [1.54, 1.807) is 0 Å². The molecule has 6 heteroatoms. The molecule has 1 aromatic rings. The van der Waals surface area contributed by atoms with Gasteiger partial charge in [0, 0.05) is 19.6 Å². The van der Waals surface area contributed by atoms with Gasteiger partial charge in [0.25, 0.3) is 0 Å². The van der Waals surface area contributed by atoms with E-state index in [9.17, 15) is 12.3 Å². The molecule has 1 atom stereocenters. The lowest BCUT2D eigenvalue weighted by Gasteiger charge is -2.18. The normalized spacial score (nSPS) is 26.2. The molecular weight excluding hydrogens is 309 g/mol. The van der Waals surface area contributed by atoms with Crippen LogP contribution in [0.2, 0.25) is 0 Å². The van der Waals surface area contributed by atoms with Gasteiger partial charge in [-0.1, -0.05) is 46.3 Å². The van der Waals surface area contributed by atoms with Gasteiger partial charge in [0.15, 0.2) is 3.66 Å². The number of nitrogens with zero attached hydrogens (tertiary/aromatic N) is 1. The molecule has 2 rings (SSSR count). The molecule has 17 heavy (non-hydrogen) atoms. The molecule has 0 aromatic heterocycles. The summed E-state index contributed by atoms with van der Waals surface area (Å²) in [6, 6.07) is 9.72. The largest absolute Gasteiger partial charge is 0.319 e. The topological polar surface area (TPSA) is 37.4 Å². The van der Waals surface area contributed by atoms with Crippen LogP contribution in [0, 0.1) is 0 Å². The summed E-state index contributed by atoms with van der Waals surface area (Å²) in [5, 5.41) is 0. The van der Waals surface area contributed by atoms with Crippen LogP contribution < -0.4 is 0 Å². The molecule has 1 aliphatic rings. The van der Waals surface area contributed by atoms with Crippen molar-refractivity contribution in [1.29, 1.82) is 0 Å². The van der Waals surface area contributed by atoms with E-state index in [4.69, 9.17) is 0 Å². The summed E-state index contributed by atoms with van der Waals surface area (Å²) < 4.78 is 33.7. The Morgan fingerprint density at radius 2 is 2.00 bits per heavy atom. The Morgan fingerprint density at radius 3 is 2.53 bits per heavy atom. The lowest BCUT2D eigenvalue weighted by atomic mass is 10.2. The SMILES string of the molecule is O=S(=O)(F)C1(Br)CCN(Cc2ccccc2)C1. The molecule has 1 aromatic carbocycles. The van der Waals surface area contributed by atoms with Gasteiger partial charge in [-0.3, -0.25) is 4.90 Å². The van der Waals surface area contributed by atoms with Gasteiger partial charge >= 0.3 is 10.2 Å². The molecule has 0 aliphatic carbocycles. The molecule has 0 amide bonds. The number of alkyl halides is 1. The third-order valence-electron chi connectivity index (χ3n) is 2.95. The van der Waals surface area contributed by atoms with Crippen LogP contribution in [0.1, 0.15) is 12.0 Å².